The Morgan fingerprint density at radius 2 is 2.28 bits per heavy atom. The maximum Gasteiger partial charge on any atom is 0.251 e. The Kier molecular flexibility index (Phi) is 4.59. The van der Waals surface area contributed by atoms with Crippen molar-refractivity contribution in [1.29, 1.82) is 0 Å². The lowest BCUT2D eigenvalue weighted by molar-refractivity contribution is 0.0944. The molecule has 0 aromatic heterocycles. The van der Waals surface area contributed by atoms with Gasteiger partial charge in [-0.1, -0.05) is 12.5 Å². The third kappa shape index (κ3) is 3.47. The van der Waals surface area contributed by atoms with Gasteiger partial charge < -0.3 is 15.2 Å². The summed E-state index contributed by atoms with van der Waals surface area (Å²) >= 11 is 0. The van der Waals surface area contributed by atoms with Gasteiger partial charge in [-0.2, -0.15) is 0 Å². The molecular weight excluding hydrogens is 230 g/mol. The van der Waals surface area contributed by atoms with Crippen LogP contribution >= 0.6 is 0 Å². The average Bonchev–Trinajstić information content (AvgIpc) is 2.34. The van der Waals surface area contributed by atoms with Crippen molar-refractivity contribution >= 4 is 5.91 Å². The number of ether oxygens (including phenoxy) is 1. The van der Waals surface area contributed by atoms with Gasteiger partial charge in [-0.3, -0.25) is 4.79 Å². The fraction of sp³-hybridized carbons (Fsp3) is 0.500. The summed E-state index contributed by atoms with van der Waals surface area (Å²) in [5.41, 5.74) is 0.564. The molecule has 0 saturated heterocycles. The lowest BCUT2D eigenvalue weighted by Gasteiger charge is -2.25. The molecule has 1 aliphatic carbocycles. The third-order valence-corrected chi connectivity index (χ3v) is 3.20. The van der Waals surface area contributed by atoms with E-state index in [-0.39, 0.29) is 19.1 Å². The van der Waals surface area contributed by atoms with Gasteiger partial charge >= 0.3 is 0 Å². The summed E-state index contributed by atoms with van der Waals surface area (Å²) in [4.78, 5) is 11.7. The Labute approximate surface area is 107 Å². The van der Waals surface area contributed by atoms with Crippen LogP contribution in [0.3, 0.4) is 0 Å². The molecule has 2 rings (SSSR count). The lowest BCUT2D eigenvalue weighted by Crippen LogP contribution is -2.26. The average molecular weight is 249 g/mol. The van der Waals surface area contributed by atoms with Crippen molar-refractivity contribution in [2.75, 3.05) is 19.8 Å². The van der Waals surface area contributed by atoms with Crippen LogP contribution in [0.15, 0.2) is 24.3 Å². The number of amides is 1. The highest BCUT2D eigenvalue weighted by Crippen LogP contribution is 2.27. The molecule has 0 aliphatic heterocycles. The van der Waals surface area contributed by atoms with E-state index in [2.05, 4.69) is 5.32 Å². The van der Waals surface area contributed by atoms with E-state index in [4.69, 9.17) is 9.84 Å². The summed E-state index contributed by atoms with van der Waals surface area (Å²) in [5, 5.41) is 11.3. The van der Waals surface area contributed by atoms with Crippen LogP contribution in [0.25, 0.3) is 0 Å². The van der Waals surface area contributed by atoms with Crippen LogP contribution in [0.1, 0.15) is 29.6 Å². The zero-order valence-corrected chi connectivity index (χ0v) is 10.4. The summed E-state index contributed by atoms with van der Waals surface area (Å²) in [7, 11) is 0. The van der Waals surface area contributed by atoms with Gasteiger partial charge in [-0.25, -0.2) is 0 Å². The molecule has 0 radical (unpaired) electrons. The molecule has 1 aromatic carbocycles. The lowest BCUT2D eigenvalue weighted by atomic mass is 9.86. The third-order valence-electron chi connectivity index (χ3n) is 3.20. The molecule has 98 valence electrons. The molecular formula is C14H19NO3. The van der Waals surface area contributed by atoms with E-state index in [0.717, 1.165) is 12.4 Å². The van der Waals surface area contributed by atoms with Crippen LogP contribution in [-0.2, 0) is 0 Å². The second-order valence-corrected chi connectivity index (χ2v) is 4.62. The summed E-state index contributed by atoms with van der Waals surface area (Å²) in [6, 6.07) is 7.15. The number of aliphatic hydroxyl groups excluding tert-OH is 1. The highest BCUT2D eigenvalue weighted by Gasteiger charge is 2.18. The summed E-state index contributed by atoms with van der Waals surface area (Å²) in [6.07, 6.45) is 3.80. The van der Waals surface area contributed by atoms with Gasteiger partial charge in [-0.05, 0) is 37.0 Å². The number of hydrogen-bond donors (Lipinski definition) is 2. The molecule has 2 N–H and O–H groups in total. The Bertz CT molecular complexity index is 402. The molecule has 0 atom stereocenters. The van der Waals surface area contributed by atoms with Crippen molar-refractivity contribution in [1.82, 2.24) is 5.32 Å². The molecule has 1 amide bonds. The molecule has 0 heterocycles. The smallest absolute Gasteiger partial charge is 0.251 e. The predicted octanol–water partition coefficient (Wildman–Crippen LogP) is 1.59. The van der Waals surface area contributed by atoms with E-state index >= 15 is 0 Å². The van der Waals surface area contributed by atoms with Crippen molar-refractivity contribution in [3.8, 4) is 5.75 Å². The van der Waals surface area contributed by atoms with Gasteiger partial charge in [0.05, 0.1) is 13.2 Å². The summed E-state index contributed by atoms with van der Waals surface area (Å²) in [6.45, 7) is 0.956. The number of benzene rings is 1. The number of aliphatic hydroxyl groups is 1. The first kappa shape index (κ1) is 12.9. The van der Waals surface area contributed by atoms with Gasteiger partial charge in [0.25, 0.3) is 5.91 Å². The van der Waals surface area contributed by atoms with Crippen molar-refractivity contribution in [3.05, 3.63) is 29.8 Å². The number of hydrogen-bond acceptors (Lipinski definition) is 3. The number of carbonyl (C=O) groups excluding carboxylic acids is 1. The molecule has 4 nitrogen and oxygen atoms in total. The van der Waals surface area contributed by atoms with E-state index in [1.54, 1.807) is 12.1 Å². The highest BCUT2D eigenvalue weighted by molar-refractivity contribution is 5.94. The zero-order chi connectivity index (χ0) is 12.8. The second-order valence-electron chi connectivity index (χ2n) is 4.62. The van der Waals surface area contributed by atoms with E-state index in [1.165, 1.54) is 19.3 Å². The molecule has 4 heteroatoms. The van der Waals surface area contributed by atoms with Gasteiger partial charge in [-0.15, -0.1) is 0 Å². The molecule has 1 saturated carbocycles. The maximum atomic E-state index is 11.7. The first-order valence-electron chi connectivity index (χ1n) is 6.41. The monoisotopic (exact) mass is 249 g/mol. The normalized spacial score (nSPS) is 14.9. The van der Waals surface area contributed by atoms with Crippen molar-refractivity contribution < 1.29 is 14.6 Å². The van der Waals surface area contributed by atoms with Crippen LogP contribution in [0.4, 0.5) is 0 Å². The predicted molar refractivity (Wildman–Crippen MR) is 68.7 cm³/mol. The van der Waals surface area contributed by atoms with Crippen LogP contribution in [0.2, 0.25) is 0 Å². The molecule has 18 heavy (non-hydrogen) atoms. The van der Waals surface area contributed by atoms with Crippen molar-refractivity contribution in [2.24, 2.45) is 5.92 Å². The summed E-state index contributed by atoms with van der Waals surface area (Å²) < 4.78 is 5.68. The molecule has 1 aliphatic rings. The van der Waals surface area contributed by atoms with Crippen LogP contribution in [0, 0.1) is 5.92 Å². The van der Waals surface area contributed by atoms with E-state index in [0.29, 0.717) is 11.5 Å². The molecule has 0 spiro atoms. The number of rotatable bonds is 6. The standard InChI is InChI=1S/C14H19NO3/c16-8-7-15-14(17)12-5-2-6-13(9-12)18-10-11-3-1-4-11/h2,5-6,9,11,16H,1,3-4,7-8,10H2,(H,15,17). The molecule has 1 aromatic rings. The van der Waals surface area contributed by atoms with Crippen LogP contribution in [0.5, 0.6) is 5.75 Å². The Hall–Kier alpha value is -1.55. The zero-order valence-electron chi connectivity index (χ0n) is 10.4. The fourth-order valence-corrected chi connectivity index (χ4v) is 1.87. The van der Waals surface area contributed by atoms with Gasteiger partial charge in [0.2, 0.25) is 0 Å². The first-order chi connectivity index (χ1) is 8.79. The van der Waals surface area contributed by atoms with Crippen molar-refractivity contribution in [2.45, 2.75) is 19.3 Å². The quantitative estimate of drug-likeness (QED) is 0.805. The van der Waals surface area contributed by atoms with Gasteiger partial charge in [0.15, 0.2) is 0 Å². The number of nitrogens with one attached hydrogen (secondary N) is 1. The molecule has 0 bridgehead atoms. The van der Waals surface area contributed by atoms with E-state index in [1.807, 2.05) is 12.1 Å². The van der Waals surface area contributed by atoms with Gasteiger partial charge in [0.1, 0.15) is 5.75 Å². The SMILES string of the molecule is O=C(NCCO)c1cccc(OCC2CCC2)c1. The molecule has 0 unspecified atom stereocenters. The maximum absolute atomic E-state index is 11.7. The Morgan fingerprint density at radius 1 is 1.44 bits per heavy atom. The topological polar surface area (TPSA) is 58.6 Å². The fourth-order valence-electron chi connectivity index (χ4n) is 1.87. The Balaban J connectivity index is 1.89. The minimum absolute atomic E-state index is 0.0520. The largest absolute Gasteiger partial charge is 0.493 e. The Morgan fingerprint density at radius 3 is 2.94 bits per heavy atom. The van der Waals surface area contributed by atoms with Gasteiger partial charge in [0, 0.05) is 12.1 Å². The minimum atomic E-state index is -0.182. The van der Waals surface area contributed by atoms with E-state index in [9.17, 15) is 4.79 Å². The second kappa shape index (κ2) is 6.40. The van der Waals surface area contributed by atoms with Crippen molar-refractivity contribution in [3.63, 3.8) is 0 Å². The number of carbonyl (C=O) groups is 1. The van der Waals surface area contributed by atoms with E-state index < -0.39 is 0 Å². The first-order valence-corrected chi connectivity index (χ1v) is 6.41. The summed E-state index contributed by atoms with van der Waals surface area (Å²) in [5.74, 6) is 1.23. The minimum Gasteiger partial charge on any atom is -0.493 e. The molecule has 1 fully saturated rings. The van der Waals surface area contributed by atoms with Crippen LogP contribution < -0.4 is 10.1 Å². The van der Waals surface area contributed by atoms with Crippen LogP contribution in [-0.4, -0.2) is 30.8 Å². The highest BCUT2D eigenvalue weighted by atomic mass is 16.5.